The lowest BCUT2D eigenvalue weighted by Crippen LogP contribution is -2.19. The van der Waals surface area contributed by atoms with Gasteiger partial charge < -0.3 is 4.74 Å². The second-order valence-corrected chi connectivity index (χ2v) is 8.74. The van der Waals surface area contributed by atoms with E-state index in [1.54, 1.807) is 6.07 Å². The molecule has 192 valence electrons. The van der Waals surface area contributed by atoms with Crippen molar-refractivity contribution in [2.45, 2.75) is 39.0 Å². The number of rotatable bonds is 8. The Morgan fingerprint density at radius 1 is 0.595 bits per heavy atom. The molecular formula is C30H24F6O. The van der Waals surface area contributed by atoms with Gasteiger partial charge in [-0.25, -0.2) is 13.2 Å². The molecule has 0 saturated heterocycles. The van der Waals surface area contributed by atoms with Crippen molar-refractivity contribution in [3.63, 3.8) is 0 Å². The summed E-state index contributed by atoms with van der Waals surface area (Å²) >= 11 is 0. The molecule has 4 rings (SSSR count). The maximum atomic E-state index is 14.9. The van der Waals surface area contributed by atoms with Crippen LogP contribution in [0.1, 0.15) is 31.7 Å². The summed E-state index contributed by atoms with van der Waals surface area (Å²) in [6, 6.07) is 21.3. The lowest BCUT2D eigenvalue weighted by molar-refractivity contribution is -0.276. The minimum absolute atomic E-state index is 0.157. The number of hydrogen-bond acceptors (Lipinski definition) is 1. The Hall–Kier alpha value is -3.74. The largest absolute Gasteiger partial charge is 0.573 e. The van der Waals surface area contributed by atoms with Gasteiger partial charge in [0, 0.05) is 5.56 Å². The van der Waals surface area contributed by atoms with Gasteiger partial charge in [0.25, 0.3) is 0 Å². The first kappa shape index (κ1) is 26.3. The number of halogens is 6. The summed E-state index contributed by atoms with van der Waals surface area (Å²) in [4.78, 5) is 0. The fraction of sp³-hybridized carbons (Fsp3) is 0.200. The molecule has 0 radical (unpaired) electrons. The molecule has 0 N–H and O–H groups in total. The fourth-order valence-corrected chi connectivity index (χ4v) is 4.16. The highest BCUT2D eigenvalue weighted by molar-refractivity contribution is 5.74. The van der Waals surface area contributed by atoms with Crippen molar-refractivity contribution in [1.29, 1.82) is 0 Å². The van der Waals surface area contributed by atoms with Gasteiger partial charge in [-0.1, -0.05) is 80.4 Å². The van der Waals surface area contributed by atoms with Crippen LogP contribution in [0.25, 0.3) is 33.4 Å². The van der Waals surface area contributed by atoms with Crippen LogP contribution in [0.3, 0.4) is 0 Å². The Morgan fingerprint density at radius 2 is 1.08 bits per heavy atom. The predicted octanol–water partition coefficient (Wildman–Crippen LogP) is 9.74. The van der Waals surface area contributed by atoms with E-state index in [0.717, 1.165) is 23.1 Å². The lowest BCUT2D eigenvalue weighted by atomic mass is 9.97. The van der Waals surface area contributed by atoms with E-state index < -0.39 is 29.6 Å². The third-order valence-electron chi connectivity index (χ3n) is 6.07. The molecule has 37 heavy (non-hydrogen) atoms. The van der Waals surface area contributed by atoms with E-state index >= 15 is 0 Å². The minimum Gasteiger partial charge on any atom is -0.399 e. The van der Waals surface area contributed by atoms with Gasteiger partial charge in [-0.05, 0) is 64.4 Å². The Bertz CT molecular complexity index is 1340. The summed E-state index contributed by atoms with van der Waals surface area (Å²) in [6.07, 6.45) is -0.645. The van der Waals surface area contributed by atoms with Crippen molar-refractivity contribution in [3.8, 4) is 39.1 Å². The van der Waals surface area contributed by atoms with Crippen LogP contribution >= 0.6 is 0 Å². The van der Waals surface area contributed by atoms with Crippen LogP contribution in [-0.4, -0.2) is 6.36 Å². The van der Waals surface area contributed by atoms with Crippen LogP contribution in [0.5, 0.6) is 5.75 Å². The first-order valence-corrected chi connectivity index (χ1v) is 11.9. The van der Waals surface area contributed by atoms with Gasteiger partial charge in [0.2, 0.25) is 5.75 Å². The molecule has 0 aliphatic rings. The normalized spacial score (nSPS) is 11.5. The molecule has 0 heterocycles. The third-order valence-corrected chi connectivity index (χ3v) is 6.07. The molecule has 0 fully saturated rings. The van der Waals surface area contributed by atoms with Crippen molar-refractivity contribution in [2.24, 2.45) is 0 Å². The topological polar surface area (TPSA) is 9.23 Å². The second-order valence-electron chi connectivity index (χ2n) is 8.74. The first-order chi connectivity index (χ1) is 17.6. The molecule has 0 aliphatic carbocycles. The van der Waals surface area contributed by atoms with Crippen LogP contribution in [-0.2, 0) is 6.42 Å². The standard InChI is InChI=1S/C30H24F6O/c1-2-3-4-5-19-6-8-20(9-7-19)21-10-12-22(13-11-21)23-14-15-25(26(31)16-23)24-17-27(32)29(28(33)18-24)37-30(34,35)36/h6-18H,2-5H2,1H3. The highest BCUT2D eigenvalue weighted by Crippen LogP contribution is 2.35. The van der Waals surface area contributed by atoms with Crippen LogP contribution in [0, 0.1) is 17.5 Å². The van der Waals surface area contributed by atoms with Crippen LogP contribution in [0.15, 0.2) is 78.9 Å². The Labute approximate surface area is 211 Å². The quantitative estimate of drug-likeness (QED) is 0.168. The molecule has 1 nitrogen and oxygen atoms in total. The third kappa shape index (κ3) is 6.53. The molecule has 4 aromatic carbocycles. The number of unbranched alkanes of at least 4 members (excludes halogenated alkanes) is 2. The summed E-state index contributed by atoms with van der Waals surface area (Å²) in [7, 11) is 0. The van der Waals surface area contributed by atoms with E-state index in [2.05, 4.69) is 35.9 Å². The molecule has 4 aromatic rings. The SMILES string of the molecule is CCCCCc1ccc(-c2ccc(-c3ccc(-c4cc(F)c(OC(F)(F)F)c(F)c4)c(F)c3)cc2)cc1. The van der Waals surface area contributed by atoms with E-state index in [0.29, 0.717) is 17.7 Å². The van der Waals surface area contributed by atoms with Gasteiger partial charge >= 0.3 is 6.36 Å². The summed E-state index contributed by atoms with van der Waals surface area (Å²) in [5.74, 6) is -5.52. The first-order valence-electron chi connectivity index (χ1n) is 11.9. The van der Waals surface area contributed by atoms with Crippen molar-refractivity contribution in [1.82, 2.24) is 0 Å². The second kappa shape index (κ2) is 11.1. The summed E-state index contributed by atoms with van der Waals surface area (Å²) in [5, 5.41) is 0. The average molecular weight is 515 g/mol. The van der Waals surface area contributed by atoms with E-state index in [-0.39, 0.29) is 11.1 Å². The number of alkyl halides is 3. The van der Waals surface area contributed by atoms with Crippen LogP contribution < -0.4 is 4.74 Å². The number of hydrogen-bond donors (Lipinski definition) is 0. The van der Waals surface area contributed by atoms with Gasteiger partial charge in [0.05, 0.1) is 0 Å². The smallest absolute Gasteiger partial charge is 0.399 e. The molecule has 0 aliphatic heterocycles. The highest BCUT2D eigenvalue weighted by Gasteiger charge is 2.34. The monoisotopic (exact) mass is 514 g/mol. The van der Waals surface area contributed by atoms with Crippen molar-refractivity contribution < 1.29 is 31.1 Å². The Balaban J connectivity index is 1.52. The maximum Gasteiger partial charge on any atom is 0.573 e. The van der Waals surface area contributed by atoms with Gasteiger partial charge in [-0.3, -0.25) is 0 Å². The van der Waals surface area contributed by atoms with Crippen molar-refractivity contribution in [2.75, 3.05) is 0 Å². The van der Waals surface area contributed by atoms with Gasteiger partial charge in [-0.15, -0.1) is 13.2 Å². The minimum atomic E-state index is -5.26. The zero-order chi connectivity index (χ0) is 26.6. The Morgan fingerprint density at radius 3 is 1.59 bits per heavy atom. The summed E-state index contributed by atoms with van der Waals surface area (Å²) in [6.45, 7) is 2.18. The lowest BCUT2D eigenvalue weighted by Gasteiger charge is -2.13. The average Bonchev–Trinajstić information content (AvgIpc) is 2.86. The summed E-state index contributed by atoms with van der Waals surface area (Å²) in [5.41, 5.74) is 4.24. The van der Waals surface area contributed by atoms with Gasteiger partial charge in [0.15, 0.2) is 11.6 Å². The molecule has 0 amide bonds. The van der Waals surface area contributed by atoms with Crippen molar-refractivity contribution >= 4 is 0 Å². The van der Waals surface area contributed by atoms with Crippen molar-refractivity contribution in [3.05, 3.63) is 102 Å². The Kier molecular flexibility index (Phi) is 7.91. The fourth-order valence-electron chi connectivity index (χ4n) is 4.16. The van der Waals surface area contributed by atoms with Crippen LogP contribution in [0.2, 0.25) is 0 Å². The van der Waals surface area contributed by atoms with E-state index in [1.807, 2.05) is 24.3 Å². The van der Waals surface area contributed by atoms with E-state index in [9.17, 15) is 26.3 Å². The molecule has 0 aromatic heterocycles. The molecule has 0 spiro atoms. The summed E-state index contributed by atoms with van der Waals surface area (Å²) < 4.78 is 83.6. The number of aryl methyl sites for hydroxylation is 1. The molecular weight excluding hydrogens is 490 g/mol. The maximum absolute atomic E-state index is 14.9. The van der Waals surface area contributed by atoms with E-state index in [1.165, 1.54) is 37.0 Å². The molecule has 0 atom stereocenters. The predicted molar refractivity (Wildman–Crippen MR) is 133 cm³/mol. The van der Waals surface area contributed by atoms with Crippen LogP contribution in [0.4, 0.5) is 26.3 Å². The number of benzene rings is 4. The highest BCUT2D eigenvalue weighted by atomic mass is 19.4. The molecule has 7 heteroatoms. The van der Waals surface area contributed by atoms with E-state index in [4.69, 9.17) is 0 Å². The zero-order valence-electron chi connectivity index (χ0n) is 20.0. The zero-order valence-corrected chi connectivity index (χ0v) is 20.0. The molecule has 0 bridgehead atoms. The van der Waals surface area contributed by atoms with Gasteiger partial charge in [-0.2, -0.15) is 0 Å². The van der Waals surface area contributed by atoms with Gasteiger partial charge in [0.1, 0.15) is 5.82 Å². The molecule has 0 saturated carbocycles. The number of ether oxygens (including phenoxy) is 1. The molecule has 0 unspecified atom stereocenters.